The van der Waals surface area contributed by atoms with Gasteiger partial charge in [-0.05, 0) is 6.92 Å². The van der Waals surface area contributed by atoms with E-state index in [1.807, 2.05) is 0 Å². The van der Waals surface area contributed by atoms with E-state index in [-0.39, 0.29) is 10.8 Å². The van der Waals surface area contributed by atoms with Gasteiger partial charge in [-0.25, -0.2) is 4.98 Å². The van der Waals surface area contributed by atoms with Gasteiger partial charge < -0.3 is 15.2 Å². The van der Waals surface area contributed by atoms with Crippen LogP contribution in [0.1, 0.15) is 17.4 Å². The number of hydrogen-bond acceptors (Lipinski definition) is 4. The SMILES string of the molecule is CCOc1c(C(=O)NCC(=O)O)nc(Cl)c2ccccc12. The highest BCUT2D eigenvalue weighted by Gasteiger charge is 2.20. The fourth-order valence-corrected chi connectivity index (χ4v) is 2.13. The van der Waals surface area contributed by atoms with E-state index >= 15 is 0 Å². The van der Waals surface area contributed by atoms with Crippen LogP contribution >= 0.6 is 11.6 Å². The molecule has 1 aromatic heterocycles. The van der Waals surface area contributed by atoms with E-state index in [4.69, 9.17) is 21.4 Å². The second kappa shape index (κ2) is 6.41. The number of ether oxygens (including phenoxy) is 1. The number of benzene rings is 1. The van der Waals surface area contributed by atoms with Crippen molar-refractivity contribution in [3.05, 3.63) is 35.1 Å². The maximum absolute atomic E-state index is 12.1. The Kier molecular flexibility index (Phi) is 4.59. The molecule has 0 saturated heterocycles. The van der Waals surface area contributed by atoms with Crippen molar-refractivity contribution in [2.45, 2.75) is 6.92 Å². The summed E-state index contributed by atoms with van der Waals surface area (Å²) in [7, 11) is 0. The molecule has 2 rings (SSSR count). The van der Waals surface area contributed by atoms with Gasteiger partial charge in [0.05, 0.1) is 6.61 Å². The van der Waals surface area contributed by atoms with Crippen molar-refractivity contribution >= 4 is 34.2 Å². The molecule has 21 heavy (non-hydrogen) atoms. The van der Waals surface area contributed by atoms with Gasteiger partial charge in [-0.1, -0.05) is 35.9 Å². The normalized spacial score (nSPS) is 10.4. The third-order valence-electron chi connectivity index (χ3n) is 2.72. The van der Waals surface area contributed by atoms with Crippen molar-refractivity contribution in [3.63, 3.8) is 0 Å². The van der Waals surface area contributed by atoms with E-state index in [0.717, 1.165) is 0 Å². The third kappa shape index (κ3) is 3.22. The number of hydrogen-bond donors (Lipinski definition) is 2. The Labute approximate surface area is 125 Å². The standard InChI is InChI=1S/C14H13ClN2O4/c1-2-21-12-8-5-3-4-6-9(8)13(15)17-11(12)14(20)16-7-10(18)19/h3-6H,2,7H2,1H3,(H,16,20)(H,18,19). The molecule has 2 aromatic rings. The highest BCUT2D eigenvalue weighted by Crippen LogP contribution is 2.32. The molecule has 0 unspecified atom stereocenters. The summed E-state index contributed by atoms with van der Waals surface area (Å²) in [5.74, 6) is -1.50. The largest absolute Gasteiger partial charge is 0.491 e. The predicted octanol–water partition coefficient (Wildman–Crippen LogP) is 2.10. The number of halogens is 1. The number of carbonyl (C=O) groups is 2. The quantitative estimate of drug-likeness (QED) is 0.826. The minimum absolute atomic E-state index is 0.0261. The zero-order valence-corrected chi connectivity index (χ0v) is 12.0. The first kappa shape index (κ1) is 15.1. The molecular weight excluding hydrogens is 296 g/mol. The summed E-state index contributed by atoms with van der Waals surface area (Å²) in [6, 6.07) is 7.13. The van der Waals surface area contributed by atoms with Crippen LogP contribution in [0.4, 0.5) is 0 Å². The minimum Gasteiger partial charge on any atom is -0.491 e. The number of carboxylic acids is 1. The van der Waals surface area contributed by atoms with Crippen LogP contribution in [0.25, 0.3) is 10.8 Å². The van der Waals surface area contributed by atoms with Crippen LogP contribution in [0.3, 0.4) is 0 Å². The second-order valence-electron chi connectivity index (χ2n) is 4.14. The number of nitrogens with zero attached hydrogens (tertiary/aromatic N) is 1. The van der Waals surface area contributed by atoms with Crippen LogP contribution in [0.2, 0.25) is 5.15 Å². The van der Waals surface area contributed by atoms with Crippen LogP contribution < -0.4 is 10.1 Å². The lowest BCUT2D eigenvalue weighted by atomic mass is 10.1. The molecule has 0 spiro atoms. The van der Waals surface area contributed by atoms with Gasteiger partial charge in [0, 0.05) is 10.8 Å². The number of aliphatic carboxylic acids is 1. The maximum atomic E-state index is 12.1. The summed E-state index contributed by atoms with van der Waals surface area (Å²) in [6.07, 6.45) is 0. The van der Waals surface area contributed by atoms with Gasteiger partial charge in [-0.3, -0.25) is 9.59 Å². The van der Waals surface area contributed by atoms with Crippen LogP contribution in [0.5, 0.6) is 5.75 Å². The number of rotatable bonds is 5. The highest BCUT2D eigenvalue weighted by atomic mass is 35.5. The van der Waals surface area contributed by atoms with Crippen LogP contribution in [0.15, 0.2) is 24.3 Å². The number of aromatic nitrogens is 1. The van der Waals surface area contributed by atoms with Gasteiger partial charge in [-0.15, -0.1) is 0 Å². The highest BCUT2D eigenvalue weighted by molar-refractivity contribution is 6.34. The first-order valence-corrected chi connectivity index (χ1v) is 6.63. The molecule has 2 N–H and O–H groups in total. The monoisotopic (exact) mass is 308 g/mol. The molecule has 7 heteroatoms. The fraction of sp³-hybridized carbons (Fsp3) is 0.214. The first-order valence-electron chi connectivity index (χ1n) is 6.25. The molecule has 0 fully saturated rings. The molecule has 1 aromatic carbocycles. The summed E-state index contributed by atoms with van der Waals surface area (Å²) in [5.41, 5.74) is -0.0261. The molecular formula is C14H13ClN2O4. The van der Waals surface area contributed by atoms with E-state index in [9.17, 15) is 9.59 Å². The van der Waals surface area contributed by atoms with Crippen molar-refractivity contribution in [2.75, 3.05) is 13.2 Å². The minimum atomic E-state index is -1.15. The van der Waals surface area contributed by atoms with Crippen molar-refractivity contribution in [1.29, 1.82) is 0 Å². The zero-order chi connectivity index (χ0) is 15.4. The lowest BCUT2D eigenvalue weighted by Crippen LogP contribution is -2.30. The molecule has 0 aliphatic rings. The van der Waals surface area contributed by atoms with E-state index < -0.39 is 18.4 Å². The topological polar surface area (TPSA) is 88.5 Å². The number of fused-ring (bicyclic) bond motifs is 1. The van der Waals surface area contributed by atoms with E-state index in [1.165, 1.54) is 0 Å². The summed E-state index contributed by atoms with van der Waals surface area (Å²) < 4.78 is 5.50. The molecule has 0 aliphatic carbocycles. The van der Waals surface area contributed by atoms with Gasteiger partial charge in [0.2, 0.25) is 0 Å². The Morgan fingerprint density at radius 1 is 1.33 bits per heavy atom. The molecule has 6 nitrogen and oxygen atoms in total. The Morgan fingerprint density at radius 3 is 2.62 bits per heavy atom. The predicted molar refractivity (Wildman–Crippen MR) is 77.9 cm³/mol. The van der Waals surface area contributed by atoms with Crippen molar-refractivity contribution in [1.82, 2.24) is 10.3 Å². The van der Waals surface area contributed by atoms with E-state index in [1.54, 1.807) is 31.2 Å². The summed E-state index contributed by atoms with van der Waals surface area (Å²) >= 11 is 6.08. The summed E-state index contributed by atoms with van der Waals surface area (Å²) in [4.78, 5) is 26.6. The lowest BCUT2D eigenvalue weighted by molar-refractivity contribution is -0.135. The number of carbonyl (C=O) groups excluding carboxylic acids is 1. The molecule has 110 valence electrons. The zero-order valence-electron chi connectivity index (χ0n) is 11.2. The van der Waals surface area contributed by atoms with Crippen LogP contribution in [-0.4, -0.2) is 35.1 Å². The number of carboxylic acid groups (broad SMARTS) is 1. The molecule has 0 aliphatic heterocycles. The van der Waals surface area contributed by atoms with Gasteiger partial charge in [-0.2, -0.15) is 0 Å². The van der Waals surface area contributed by atoms with Crippen molar-refractivity contribution in [3.8, 4) is 5.75 Å². The van der Waals surface area contributed by atoms with Crippen molar-refractivity contribution in [2.24, 2.45) is 0 Å². The Balaban J connectivity index is 2.53. The first-order chi connectivity index (χ1) is 10.0. The average Bonchev–Trinajstić information content (AvgIpc) is 2.47. The maximum Gasteiger partial charge on any atom is 0.322 e. The Hall–Kier alpha value is -2.34. The number of pyridine rings is 1. The van der Waals surface area contributed by atoms with Gasteiger partial charge in [0.25, 0.3) is 5.91 Å². The summed E-state index contributed by atoms with van der Waals surface area (Å²) in [5, 5.41) is 12.3. The van der Waals surface area contributed by atoms with Crippen LogP contribution in [-0.2, 0) is 4.79 Å². The molecule has 0 bridgehead atoms. The van der Waals surface area contributed by atoms with Crippen molar-refractivity contribution < 1.29 is 19.4 Å². The third-order valence-corrected chi connectivity index (χ3v) is 3.01. The smallest absolute Gasteiger partial charge is 0.322 e. The Morgan fingerprint density at radius 2 is 2.00 bits per heavy atom. The number of nitrogens with one attached hydrogen (secondary N) is 1. The van der Waals surface area contributed by atoms with Crippen LogP contribution in [0, 0.1) is 0 Å². The van der Waals surface area contributed by atoms with Gasteiger partial charge >= 0.3 is 5.97 Å². The molecule has 1 heterocycles. The average molecular weight is 309 g/mol. The Bertz CT molecular complexity index is 703. The lowest BCUT2D eigenvalue weighted by Gasteiger charge is -2.13. The molecule has 1 amide bonds. The summed E-state index contributed by atoms with van der Waals surface area (Å²) in [6.45, 7) is 1.62. The number of amides is 1. The van der Waals surface area contributed by atoms with Gasteiger partial charge in [0.1, 0.15) is 11.7 Å². The molecule has 0 saturated carbocycles. The molecule has 0 atom stereocenters. The van der Waals surface area contributed by atoms with Gasteiger partial charge in [0.15, 0.2) is 11.4 Å². The van der Waals surface area contributed by atoms with E-state index in [0.29, 0.717) is 23.1 Å². The second-order valence-corrected chi connectivity index (χ2v) is 4.49. The van der Waals surface area contributed by atoms with E-state index in [2.05, 4.69) is 10.3 Å². The molecule has 0 radical (unpaired) electrons. The fourth-order valence-electron chi connectivity index (χ4n) is 1.88.